The first-order chi connectivity index (χ1) is 10.3. The molecule has 2 aromatic rings. The van der Waals surface area contributed by atoms with Crippen molar-refractivity contribution in [1.29, 1.82) is 0 Å². The Morgan fingerprint density at radius 3 is 2.29 bits per heavy atom. The van der Waals surface area contributed by atoms with E-state index in [0.717, 1.165) is 16.8 Å². The number of hydrogen-bond acceptors (Lipinski definition) is 3. The quantitative estimate of drug-likeness (QED) is 0.927. The van der Waals surface area contributed by atoms with E-state index in [1.807, 2.05) is 42.5 Å². The maximum atomic E-state index is 11.3. The molecular formula is C15H13N3O2S. The molecule has 0 bridgehead atoms. The van der Waals surface area contributed by atoms with Gasteiger partial charge in [-0.25, -0.2) is 4.21 Å². The molecule has 1 heterocycles. The van der Waals surface area contributed by atoms with Gasteiger partial charge in [0.2, 0.25) is 5.84 Å². The maximum absolute atomic E-state index is 11.3. The predicted molar refractivity (Wildman–Crippen MR) is 85.5 cm³/mol. The van der Waals surface area contributed by atoms with E-state index in [9.17, 15) is 4.21 Å². The molecule has 0 aromatic heterocycles. The summed E-state index contributed by atoms with van der Waals surface area (Å²) in [5.74, 6) is 0.628. The lowest BCUT2D eigenvalue weighted by Crippen LogP contribution is -2.21. The van der Waals surface area contributed by atoms with Crippen LogP contribution in [0.15, 0.2) is 63.4 Å². The van der Waals surface area contributed by atoms with Crippen molar-refractivity contribution in [3.05, 3.63) is 54.6 Å². The second-order valence-electron chi connectivity index (χ2n) is 4.34. The van der Waals surface area contributed by atoms with Gasteiger partial charge in [0, 0.05) is 5.69 Å². The van der Waals surface area contributed by atoms with Gasteiger partial charge in [0.05, 0.1) is 7.11 Å². The number of nitrogens with zero attached hydrogens (tertiary/aromatic N) is 2. The first kappa shape index (κ1) is 13.5. The van der Waals surface area contributed by atoms with Crippen LogP contribution in [-0.4, -0.2) is 23.1 Å². The summed E-state index contributed by atoms with van der Waals surface area (Å²) in [4.78, 5) is 0. The van der Waals surface area contributed by atoms with Gasteiger partial charge in [-0.2, -0.15) is 0 Å². The highest BCUT2D eigenvalue weighted by molar-refractivity contribution is 7.83. The molecule has 21 heavy (non-hydrogen) atoms. The molecule has 2 aromatic carbocycles. The minimum atomic E-state index is -1.60. The van der Waals surface area contributed by atoms with Crippen LogP contribution in [0, 0.1) is 0 Å². The Kier molecular flexibility index (Phi) is 3.79. The van der Waals surface area contributed by atoms with E-state index in [4.69, 9.17) is 4.74 Å². The van der Waals surface area contributed by atoms with Crippen molar-refractivity contribution in [1.82, 2.24) is 0 Å². The smallest absolute Gasteiger partial charge is 0.271 e. The van der Waals surface area contributed by atoms with Crippen molar-refractivity contribution in [3.8, 4) is 11.1 Å². The van der Waals surface area contributed by atoms with E-state index in [0.29, 0.717) is 5.84 Å². The predicted octanol–water partition coefficient (Wildman–Crippen LogP) is 2.80. The summed E-state index contributed by atoms with van der Waals surface area (Å²) in [5, 5.41) is 3.05. The zero-order chi connectivity index (χ0) is 14.7. The van der Waals surface area contributed by atoms with Crippen LogP contribution < -0.4 is 5.32 Å². The molecule has 0 saturated heterocycles. The second kappa shape index (κ2) is 5.88. The standard InChI is InChI=1S/C15H13N3O2S/c1-20-15-14(17-21(19)18-15)16-13-9-7-12(8-10-13)11-5-3-2-4-6-11/h2-10H,1H3,(H,16,17). The molecule has 5 nitrogen and oxygen atoms in total. The number of hydrogen-bond donors (Lipinski definition) is 1. The number of nitrogens with one attached hydrogen (secondary N) is 1. The molecular weight excluding hydrogens is 286 g/mol. The summed E-state index contributed by atoms with van der Waals surface area (Å²) in [6.07, 6.45) is 0. The minimum Gasteiger partial charge on any atom is -0.478 e. The lowest BCUT2D eigenvalue weighted by molar-refractivity contribution is 0.413. The Morgan fingerprint density at radius 2 is 1.62 bits per heavy atom. The van der Waals surface area contributed by atoms with Gasteiger partial charge in [-0.05, 0) is 23.3 Å². The van der Waals surface area contributed by atoms with Crippen molar-refractivity contribution >= 4 is 28.6 Å². The average molecular weight is 299 g/mol. The van der Waals surface area contributed by atoms with Crippen molar-refractivity contribution in [2.75, 3.05) is 12.4 Å². The average Bonchev–Trinajstić information content (AvgIpc) is 2.88. The zero-order valence-electron chi connectivity index (χ0n) is 11.3. The molecule has 0 amide bonds. The summed E-state index contributed by atoms with van der Waals surface area (Å²) in [7, 11) is 1.47. The van der Waals surface area contributed by atoms with E-state index in [-0.39, 0.29) is 5.90 Å². The maximum Gasteiger partial charge on any atom is 0.271 e. The lowest BCUT2D eigenvalue weighted by atomic mass is 10.1. The van der Waals surface area contributed by atoms with Crippen LogP contribution in [0.4, 0.5) is 5.69 Å². The van der Waals surface area contributed by atoms with Crippen molar-refractivity contribution < 1.29 is 8.95 Å². The van der Waals surface area contributed by atoms with Crippen molar-refractivity contribution in [3.63, 3.8) is 0 Å². The second-order valence-corrected chi connectivity index (χ2v) is 5.17. The summed E-state index contributed by atoms with van der Waals surface area (Å²) in [6, 6.07) is 18.0. The number of methoxy groups -OCH3 is 1. The summed E-state index contributed by atoms with van der Waals surface area (Å²) in [6.45, 7) is 0. The zero-order valence-corrected chi connectivity index (χ0v) is 12.1. The Bertz CT molecular complexity index is 724. The van der Waals surface area contributed by atoms with Crippen LogP contribution in [-0.2, 0) is 15.9 Å². The molecule has 1 unspecified atom stereocenters. The van der Waals surface area contributed by atoms with Crippen LogP contribution in [0.2, 0.25) is 0 Å². The number of rotatable bonds is 2. The van der Waals surface area contributed by atoms with Gasteiger partial charge in [0.1, 0.15) is 0 Å². The molecule has 0 spiro atoms. The van der Waals surface area contributed by atoms with Gasteiger partial charge < -0.3 is 10.1 Å². The molecule has 0 aliphatic carbocycles. The fourth-order valence-corrected chi connectivity index (χ4v) is 2.60. The van der Waals surface area contributed by atoms with E-state index in [1.165, 1.54) is 7.11 Å². The van der Waals surface area contributed by atoms with Gasteiger partial charge in [0.25, 0.3) is 17.1 Å². The molecule has 0 fully saturated rings. The van der Waals surface area contributed by atoms with Gasteiger partial charge in [-0.15, -0.1) is 8.80 Å². The van der Waals surface area contributed by atoms with E-state index in [2.05, 4.69) is 26.2 Å². The SMILES string of the molecule is COC1=NS(=O)N=C1Nc1ccc(-c2ccccc2)cc1. The molecule has 0 saturated carbocycles. The van der Waals surface area contributed by atoms with Gasteiger partial charge in [-0.1, -0.05) is 42.5 Å². The van der Waals surface area contributed by atoms with Gasteiger partial charge in [0.15, 0.2) is 0 Å². The molecule has 1 aliphatic rings. The molecule has 106 valence electrons. The number of anilines is 1. The molecule has 3 rings (SSSR count). The van der Waals surface area contributed by atoms with E-state index >= 15 is 0 Å². The molecule has 0 radical (unpaired) electrons. The number of amidine groups is 1. The first-order valence-electron chi connectivity index (χ1n) is 6.32. The molecule has 1 aliphatic heterocycles. The molecule has 1 N–H and O–H groups in total. The number of benzene rings is 2. The fourth-order valence-electron chi connectivity index (χ4n) is 1.98. The molecule has 1 atom stereocenters. The highest BCUT2D eigenvalue weighted by Crippen LogP contribution is 2.21. The first-order valence-corrected chi connectivity index (χ1v) is 7.39. The Morgan fingerprint density at radius 1 is 0.952 bits per heavy atom. The Labute approximate surface area is 125 Å². The van der Waals surface area contributed by atoms with Crippen LogP contribution >= 0.6 is 0 Å². The van der Waals surface area contributed by atoms with Crippen molar-refractivity contribution in [2.45, 2.75) is 0 Å². The topological polar surface area (TPSA) is 63.0 Å². The van der Waals surface area contributed by atoms with Gasteiger partial charge in [-0.3, -0.25) is 0 Å². The summed E-state index contributed by atoms with van der Waals surface area (Å²) in [5.41, 5.74) is 3.11. The Hall–Kier alpha value is -2.47. The summed E-state index contributed by atoms with van der Waals surface area (Å²) >= 11 is -1.60. The third kappa shape index (κ3) is 3.00. The normalized spacial score (nSPS) is 17.1. The van der Waals surface area contributed by atoms with E-state index in [1.54, 1.807) is 0 Å². The third-order valence-corrected chi connectivity index (χ3v) is 3.64. The lowest BCUT2D eigenvalue weighted by Gasteiger charge is -2.08. The van der Waals surface area contributed by atoms with Crippen LogP contribution in [0.3, 0.4) is 0 Å². The van der Waals surface area contributed by atoms with Crippen LogP contribution in [0.5, 0.6) is 0 Å². The highest BCUT2D eigenvalue weighted by Gasteiger charge is 2.19. The fraction of sp³-hybridized carbons (Fsp3) is 0.0667. The van der Waals surface area contributed by atoms with E-state index < -0.39 is 11.2 Å². The van der Waals surface area contributed by atoms with Crippen LogP contribution in [0.1, 0.15) is 0 Å². The molecule has 6 heteroatoms. The minimum absolute atomic E-state index is 0.250. The van der Waals surface area contributed by atoms with Crippen molar-refractivity contribution in [2.24, 2.45) is 8.80 Å². The third-order valence-electron chi connectivity index (χ3n) is 2.98. The number of ether oxygens (including phenoxy) is 1. The largest absolute Gasteiger partial charge is 0.478 e. The highest BCUT2D eigenvalue weighted by atomic mass is 32.2. The van der Waals surface area contributed by atoms with Crippen LogP contribution in [0.25, 0.3) is 11.1 Å². The monoisotopic (exact) mass is 299 g/mol. The Balaban J connectivity index is 1.78. The summed E-state index contributed by atoms with van der Waals surface area (Å²) < 4.78 is 23.9. The van der Waals surface area contributed by atoms with Gasteiger partial charge >= 0.3 is 0 Å².